The summed E-state index contributed by atoms with van der Waals surface area (Å²) in [5, 5.41) is 11.1. The molecule has 2 rings (SSSR count). The standard InChI is InChI=1S/C16H17ClFNO2/c1-21-15-7-4-11(17)8-13(15)14(9-19)16(20)10-2-5-12(18)6-3-10/h2-8,14,16,20H,9,19H2,1H3. The van der Waals surface area contributed by atoms with Crippen LogP contribution in [-0.4, -0.2) is 18.8 Å². The van der Waals surface area contributed by atoms with Gasteiger partial charge in [-0.05, 0) is 35.9 Å². The molecular weight excluding hydrogens is 293 g/mol. The summed E-state index contributed by atoms with van der Waals surface area (Å²) in [6.45, 7) is 0.204. The number of ether oxygens (including phenoxy) is 1. The molecule has 2 unspecified atom stereocenters. The lowest BCUT2D eigenvalue weighted by molar-refractivity contribution is 0.146. The van der Waals surface area contributed by atoms with Gasteiger partial charge in [-0.25, -0.2) is 4.39 Å². The van der Waals surface area contributed by atoms with Crippen LogP contribution in [0.1, 0.15) is 23.1 Å². The highest BCUT2D eigenvalue weighted by molar-refractivity contribution is 6.30. The van der Waals surface area contributed by atoms with Crippen LogP contribution in [0, 0.1) is 5.82 Å². The van der Waals surface area contributed by atoms with Crippen molar-refractivity contribution in [3.05, 3.63) is 64.4 Å². The summed E-state index contributed by atoms with van der Waals surface area (Å²) in [5.41, 5.74) is 7.13. The minimum absolute atomic E-state index is 0.204. The molecule has 0 bridgehead atoms. The molecule has 0 aliphatic carbocycles. The van der Waals surface area contributed by atoms with E-state index < -0.39 is 12.0 Å². The molecule has 0 saturated heterocycles. The minimum Gasteiger partial charge on any atom is -0.496 e. The van der Waals surface area contributed by atoms with Crippen molar-refractivity contribution in [3.63, 3.8) is 0 Å². The molecule has 0 aliphatic heterocycles. The van der Waals surface area contributed by atoms with Gasteiger partial charge in [-0.3, -0.25) is 0 Å². The average Bonchev–Trinajstić information content (AvgIpc) is 2.49. The van der Waals surface area contributed by atoms with Crippen LogP contribution >= 0.6 is 11.6 Å². The molecule has 0 spiro atoms. The molecule has 2 atom stereocenters. The number of hydrogen-bond acceptors (Lipinski definition) is 3. The van der Waals surface area contributed by atoms with E-state index in [1.807, 2.05) is 0 Å². The minimum atomic E-state index is -0.872. The number of nitrogens with two attached hydrogens (primary N) is 1. The Morgan fingerprint density at radius 1 is 1.24 bits per heavy atom. The van der Waals surface area contributed by atoms with Crippen molar-refractivity contribution in [3.8, 4) is 5.75 Å². The number of rotatable bonds is 5. The number of benzene rings is 2. The number of aliphatic hydroxyl groups excluding tert-OH is 1. The maximum absolute atomic E-state index is 13.0. The predicted octanol–water partition coefficient (Wildman–Crippen LogP) is 3.26. The Morgan fingerprint density at radius 3 is 2.48 bits per heavy atom. The number of methoxy groups -OCH3 is 1. The zero-order valence-corrected chi connectivity index (χ0v) is 12.3. The summed E-state index contributed by atoms with van der Waals surface area (Å²) in [7, 11) is 1.55. The van der Waals surface area contributed by atoms with Gasteiger partial charge in [0, 0.05) is 23.0 Å². The van der Waals surface area contributed by atoms with Crippen molar-refractivity contribution in [2.24, 2.45) is 5.73 Å². The smallest absolute Gasteiger partial charge is 0.123 e. The van der Waals surface area contributed by atoms with E-state index in [9.17, 15) is 9.50 Å². The van der Waals surface area contributed by atoms with Gasteiger partial charge in [0.05, 0.1) is 13.2 Å². The first-order chi connectivity index (χ1) is 10.1. The largest absolute Gasteiger partial charge is 0.496 e. The first-order valence-electron chi connectivity index (χ1n) is 6.54. The van der Waals surface area contributed by atoms with E-state index in [2.05, 4.69) is 0 Å². The van der Waals surface area contributed by atoms with Crippen LogP contribution in [0.25, 0.3) is 0 Å². The molecule has 5 heteroatoms. The molecule has 21 heavy (non-hydrogen) atoms. The molecule has 3 N–H and O–H groups in total. The van der Waals surface area contributed by atoms with Crippen molar-refractivity contribution >= 4 is 11.6 Å². The molecule has 0 fully saturated rings. The van der Waals surface area contributed by atoms with E-state index in [4.69, 9.17) is 22.1 Å². The molecule has 0 heterocycles. The van der Waals surface area contributed by atoms with Gasteiger partial charge >= 0.3 is 0 Å². The highest BCUT2D eigenvalue weighted by atomic mass is 35.5. The van der Waals surface area contributed by atoms with E-state index in [1.54, 1.807) is 37.4 Å². The Kier molecular flexibility index (Phi) is 5.17. The third kappa shape index (κ3) is 3.53. The molecular formula is C16H17ClFNO2. The predicted molar refractivity (Wildman–Crippen MR) is 81.2 cm³/mol. The van der Waals surface area contributed by atoms with Gasteiger partial charge in [-0.1, -0.05) is 23.7 Å². The third-order valence-electron chi connectivity index (χ3n) is 3.44. The summed E-state index contributed by atoms with van der Waals surface area (Å²) in [5.74, 6) is -0.143. The fourth-order valence-electron chi connectivity index (χ4n) is 2.31. The summed E-state index contributed by atoms with van der Waals surface area (Å²) >= 11 is 6.02. The Balaban J connectivity index is 2.39. The van der Waals surface area contributed by atoms with Crippen LogP contribution in [0.5, 0.6) is 5.75 Å². The molecule has 3 nitrogen and oxygen atoms in total. The van der Waals surface area contributed by atoms with E-state index >= 15 is 0 Å². The molecule has 0 aromatic heterocycles. The van der Waals surface area contributed by atoms with Gasteiger partial charge < -0.3 is 15.6 Å². The molecule has 112 valence electrons. The van der Waals surface area contributed by atoms with Crippen molar-refractivity contribution < 1.29 is 14.2 Å². The second-order valence-corrected chi connectivity index (χ2v) is 5.16. The zero-order valence-electron chi connectivity index (χ0n) is 11.6. The Labute approximate surface area is 128 Å². The Bertz CT molecular complexity index is 604. The summed E-state index contributed by atoms with van der Waals surface area (Å²) in [6.07, 6.45) is -0.872. The van der Waals surface area contributed by atoms with Gasteiger partial charge in [0.2, 0.25) is 0 Å². The first kappa shape index (κ1) is 15.8. The van der Waals surface area contributed by atoms with E-state index in [-0.39, 0.29) is 12.4 Å². The topological polar surface area (TPSA) is 55.5 Å². The second kappa shape index (κ2) is 6.89. The van der Waals surface area contributed by atoms with Crippen LogP contribution in [0.3, 0.4) is 0 Å². The Morgan fingerprint density at radius 2 is 1.90 bits per heavy atom. The van der Waals surface area contributed by atoms with Gasteiger partial charge in [-0.2, -0.15) is 0 Å². The molecule has 2 aromatic rings. The van der Waals surface area contributed by atoms with Crippen LogP contribution in [-0.2, 0) is 0 Å². The maximum atomic E-state index is 13.0. The first-order valence-corrected chi connectivity index (χ1v) is 6.91. The summed E-state index contributed by atoms with van der Waals surface area (Å²) in [4.78, 5) is 0. The molecule has 0 aliphatic rings. The highest BCUT2D eigenvalue weighted by Gasteiger charge is 2.24. The third-order valence-corrected chi connectivity index (χ3v) is 3.67. The maximum Gasteiger partial charge on any atom is 0.123 e. The van der Waals surface area contributed by atoms with E-state index in [0.29, 0.717) is 16.3 Å². The summed E-state index contributed by atoms with van der Waals surface area (Å²) < 4.78 is 18.3. The van der Waals surface area contributed by atoms with Gasteiger partial charge in [0.25, 0.3) is 0 Å². The van der Waals surface area contributed by atoms with Crippen molar-refractivity contribution in [2.45, 2.75) is 12.0 Å². The highest BCUT2D eigenvalue weighted by Crippen LogP contribution is 2.36. The Hall–Kier alpha value is -1.62. The van der Waals surface area contributed by atoms with Gasteiger partial charge in [0.15, 0.2) is 0 Å². The van der Waals surface area contributed by atoms with Crippen molar-refractivity contribution in [1.82, 2.24) is 0 Å². The number of aliphatic hydroxyl groups is 1. The number of halogens is 2. The van der Waals surface area contributed by atoms with Crippen molar-refractivity contribution in [1.29, 1.82) is 0 Å². The fraction of sp³-hybridized carbons (Fsp3) is 0.250. The normalized spacial score (nSPS) is 13.8. The molecule has 0 saturated carbocycles. The van der Waals surface area contributed by atoms with E-state index in [0.717, 1.165) is 5.56 Å². The monoisotopic (exact) mass is 309 g/mol. The van der Waals surface area contributed by atoms with Gasteiger partial charge in [0.1, 0.15) is 11.6 Å². The molecule has 2 aromatic carbocycles. The van der Waals surface area contributed by atoms with Crippen LogP contribution in [0.4, 0.5) is 4.39 Å². The van der Waals surface area contributed by atoms with Crippen LogP contribution in [0.2, 0.25) is 5.02 Å². The molecule has 0 amide bonds. The lowest BCUT2D eigenvalue weighted by Crippen LogP contribution is -2.21. The second-order valence-electron chi connectivity index (χ2n) is 4.72. The average molecular weight is 310 g/mol. The van der Waals surface area contributed by atoms with E-state index in [1.165, 1.54) is 12.1 Å². The van der Waals surface area contributed by atoms with Crippen LogP contribution < -0.4 is 10.5 Å². The van der Waals surface area contributed by atoms with Crippen LogP contribution in [0.15, 0.2) is 42.5 Å². The SMILES string of the molecule is COc1ccc(Cl)cc1C(CN)C(O)c1ccc(F)cc1. The number of hydrogen-bond donors (Lipinski definition) is 2. The lowest BCUT2D eigenvalue weighted by Gasteiger charge is -2.24. The zero-order chi connectivity index (χ0) is 15.4. The van der Waals surface area contributed by atoms with Crippen molar-refractivity contribution in [2.75, 3.05) is 13.7 Å². The lowest BCUT2D eigenvalue weighted by atomic mass is 9.88. The fourth-order valence-corrected chi connectivity index (χ4v) is 2.49. The summed E-state index contributed by atoms with van der Waals surface area (Å²) in [6, 6.07) is 10.9. The van der Waals surface area contributed by atoms with Gasteiger partial charge in [-0.15, -0.1) is 0 Å². The molecule has 0 radical (unpaired) electrons. The quantitative estimate of drug-likeness (QED) is 0.891.